The molecule has 4 aromatic rings. The van der Waals surface area contributed by atoms with E-state index in [0.29, 0.717) is 52.5 Å². The summed E-state index contributed by atoms with van der Waals surface area (Å²) in [5.41, 5.74) is 7.02. The molecule has 3 aromatic heterocycles. The summed E-state index contributed by atoms with van der Waals surface area (Å²) in [5, 5.41) is 8.98. The van der Waals surface area contributed by atoms with Crippen LogP contribution in [-0.2, 0) is 6.54 Å². The first-order valence-electron chi connectivity index (χ1n) is 9.93. The fraction of sp³-hybridized carbons (Fsp3) is 0.300. The molecule has 0 amide bonds. The highest BCUT2D eigenvalue weighted by molar-refractivity contribution is 6.35. The summed E-state index contributed by atoms with van der Waals surface area (Å²) in [4.78, 5) is 15.5. The van der Waals surface area contributed by atoms with Gasteiger partial charge in [-0.05, 0) is 43.7 Å². The average Bonchev–Trinajstić information content (AvgIpc) is 3.49. The lowest BCUT2D eigenvalue weighted by molar-refractivity contribution is 0.254. The number of benzene rings is 1. The van der Waals surface area contributed by atoms with E-state index in [9.17, 15) is 0 Å². The van der Waals surface area contributed by atoms with E-state index < -0.39 is 0 Å². The molecule has 0 unspecified atom stereocenters. The van der Waals surface area contributed by atoms with Crippen LogP contribution in [0.2, 0.25) is 10.0 Å². The second-order valence-electron chi connectivity index (χ2n) is 7.38. The first-order chi connectivity index (χ1) is 15.1. The van der Waals surface area contributed by atoms with E-state index in [1.165, 1.54) is 4.52 Å². The molecule has 0 spiro atoms. The summed E-state index contributed by atoms with van der Waals surface area (Å²) >= 11 is 12.7. The number of likely N-dealkylation sites (tertiary alicyclic amines) is 1. The Morgan fingerprint density at radius 1 is 1.13 bits per heavy atom. The molecule has 0 bridgehead atoms. The lowest BCUT2D eigenvalue weighted by atomic mass is 10.1. The van der Waals surface area contributed by atoms with Gasteiger partial charge in [0.05, 0.1) is 6.26 Å². The van der Waals surface area contributed by atoms with Gasteiger partial charge in [0, 0.05) is 34.7 Å². The van der Waals surface area contributed by atoms with Gasteiger partial charge in [-0.1, -0.05) is 29.3 Å². The van der Waals surface area contributed by atoms with Gasteiger partial charge in [0.1, 0.15) is 0 Å². The molecule has 1 aliphatic heterocycles. The van der Waals surface area contributed by atoms with Gasteiger partial charge in [-0.25, -0.2) is 0 Å². The van der Waals surface area contributed by atoms with Gasteiger partial charge in [-0.15, -0.1) is 5.10 Å². The predicted molar refractivity (Wildman–Crippen MR) is 119 cm³/mol. The highest BCUT2D eigenvalue weighted by Gasteiger charge is 2.26. The van der Waals surface area contributed by atoms with Crippen molar-refractivity contribution >= 4 is 40.9 Å². The standard InChI is InChI=1S/C20H20Cl2N8O/c21-14-5-1-6-15(22)13(14)11-29-8-2-4-12(29)10-24-19-26-18(23)30-20(27-19)25-17(28-30)16-7-3-9-31-16/h1,3,5-7,9,12H,2,4,8,10-11H2,(H3,23,24,25,26,27,28)/t12-/m1/s1. The SMILES string of the molecule is Nc1nc(NC[C@H]2CCCN2Cc2c(Cl)cccc2Cl)nc2nc(-c3ccco3)nn12. The number of nitrogens with zero attached hydrogens (tertiary/aromatic N) is 6. The first-order valence-corrected chi connectivity index (χ1v) is 10.7. The maximum atomic E-state index is 6.36. The number of nitrogens with one attached hydrogen (secondary N) is 1. The maximum absolute atomic E-state index is 6.36. The van der Waals surface area contributed by atoms with Crippen LogP contribution in [0.25, 0.3) is 17.4 Å². The van der Waals surface area contributed by atoms with Gasteiger partial charge in [-0.3, -0.25) is 4.90 Å². The van der Waals surface area contributed by atoms with Gasteiger partial charge in [0.15, 0.2) is 5.76 Å². The molecule has 9 nitrogen and oxygen atoms in total. The second-order valence-corrected chi connectivity index (χ2v) is 8.19. The lowest BCUT2D eigenvalue weighted by Crippen LogP contribution is -2.35. The number of anilines is 2. The van der Waals surface area contributed by atoms with E-state index in [4.69, 9.17) is 33.4 Å². The molecule has 3 N–H and O–H groups in total. The molecule has 0 saturated carbocycles. The zero-order valence-electron chi connectivity index (χ0n) is 16.5. The zero-order valence-corrected chi connectivity index (χ0v) is 18.0. The van der Waals surface area contributed by atoms with Crippen LogP contribution in [0.3, 0.4) is 0 Å². The third-order valence-corrected chi connectivity index (χ3v) is 6.10. The number of hydrogen-bond acceptors (Lipinski definition) is 8. The van der Waals surface area contributed by atoms with Crippen LogP contribution in [0, 0.1) is 0 Å². The van der Waals surface area contributed by atoms with Crippen molar-refractivity contribution < 1.29 is 4.42 Å². The van der Waals surface area contributed by atoms with Crippen molar-refractivity contribution in [2.24, 2.45) is 0 Å². The van der Waals surface area contributed by atoms with Crippen molar-refractivity contribution in [2.45, 2.75) is 25.4 Å². The summed E-state index contributed by atoms with van der Waals surface area (Å²) in [5.74, 6) is 1.91. The Bertz CT molecular complexity index is 1190. The van der Waals surface area contributed by atoms with Gasteiger partial charge in [0.25, 0.3) is 5.78 Å². The molecule has 11 heteroatoms. The number of fused-ring (bicyclic) bond motifs is 1. The normalized spacial score (nSPS) is 16.9. The van der Waals surface area contributed by atoms with Crippen molar-refractivity contribution in [2.75, 3.05) is 24.1 Å². The number of nitrogens with two attached hydrogens (primary N) is 1. The number of rotatable bonds is 6. The minimum atomic E-state index is 0.198. The Labute approximate surface area is 188 Å². The van der Waals surface area contributed by atoms with Crippen LogP contribution in [-0.4, -0.2) is 48.6 Å². The molecular weight excluding hydrogens is 439 g/mol. The monoisotopic (exact) mass is 458 g/mol. The first kappa shape index (κ1) is 20.0. The minimum absolute atomic E-state index is 0.198. The number of nitrogen functional groups attached to an aromatic ring is 1. The van der Waals surface area contributed by atoms with Crippen molar-refractivity contribution in [3.8, 4) is 11.6 Å². The maximum Gasteiger partial charge on any atom is 0.259 e. The van der Waals surface area contributed by atoms with Gasteiger partial charge < -0.3 is 15.5 Å². The molecular formula is C20H20Cl2N8O. The van der Waals surface area contributed by atoms with Crippen LogP contribution in [0.5, 0.6) is 0 Å². The molecule has 0 radical (unpaired) electrons. The Hall–Kier alpha value is -2.88. The smallest absolute Gasteiger partial charge is 0.259 e. The van der Waals surface area contributed by atoms with E-state index in [2.05, 4.69) is 30.3 Å². The Morgan fingerprint density at radius 2 is 1.97 bits per heavy atom. The minimum Gasteiger partial charge on any atom is -0.461 e. The summed E-state index contributed by atoms with van der Waals surface area (Å²) in [6, 6.07) is 9.44. The highest BCUT2D eigenvalue weighted by atomic mass is 35.5. The molecule has 4 heterocycles. The molecule has 31 heavy (non-hydrogen) atoms. The average molecular weight is 459 g/mol. The van der Waals surface area contributed by atoms with E-state index in [1.807, 2.05) is 18.2 Å². The zero-order chi connectivity index (χ0) is 21.4. The Balaban J connectivity index is 1.31. The van der Waals surface area contributed by atoms with E-state index in [0.717, 1.165) is 24.9 Å². The van der Waals surface area contributed by atoms with Crippen LogP contribution in [0.15, 0.2) is 41.0 Å². The summed E-state index contributed by atoms with van der Waals surface area (Å²) in [6.45, 7) is 2.34. The highest BCUT2D eigenvalue weighted by Crippen LogP contribution is 2.29. The van der Waals surface area contributed by atoms with Crippen molar-refractivity contribution in [3.63, 3.8) is 0 Å². The number of halogens is 2. The molecule has 1 fully saturated rings. The molecule has 1 aromatic carbocycles. The van der Waals surface area contributed by atoms with E-state index in [1.54, 1.807) is 18.4 Å². The molecule has 0 aliphatic carbocycles. The van der Waals surface area contributed by atoms with Crippen LogP contribution < -0.4 is 11.1 Å². The van der Waals surface area contributed by atoms with Gasteiger partial charge in [0.2, 0.25) is 17.7 Å². The molecule has 1 saturated heterocycles. The van der Waals surface area contributed by atoms with Crippen molar-refractivity contribution in [1.29, 1.82) is 0 Å². The number of hydrogen-bond donors (Lipinski definition) is 2. The van der Waals surface area contributed by atoms with Gasteiger partial charge >= 0.3 is 0 Å². The summed E-state index contributed by atoms with van der Waals surface area (Å²) < 4.78 is 6.74. The fourth-order valence-corrected chi connectivity index (χ4v) is 4.34. The lowest BCUT2D eigenvalue weighted by Gasteiger charge is -2.25. The second kappa shape index (κ2) is 8.33. The summed E-state index contributed by atoms with van der Waals surface area (Å²) in [6.07, 6.45) is 3.72. The van der Waals surface area contributed by atoms with Crippen molar-refractivity contribution in [1.82, 2.24) is 29.5 Å². The van der Waals surface area contributed by atoms with Crippen LogP contribution in [0.4, 0.5) is 11.9 Å². The molecule has 5 rings (SSSR count). The van der Waals surface area contributed by atoms with Gasteiger partial charge in [-0.2, -0.15) is 19.5 Å². The largest absolute Gasteiger partial charge is 0.461 e. The quantitative estimate of drug-likeness (QED) is 0.449. The third-order valence-electron chi connectivity index (χ3n) is 5.39. The van der Waals surface area contributed by atoms with Crippen LogP contribution >= 0.6 is 23.2 Å². The summed E-state index contributed by atoms with van der Waals surface area (Å²) in [7, 11) is 0. The van der Waals surface area contributed by atoms with E-state index >= 15 is 0 Å². The van der Waals surface area contributed by atoms with Crippen molar-refractivity contribution in [3.05, 3.63) is 52.2 Å². The van der Waals surface area contributed by atoms with Crippen LogP contribution in [0.1, 0.15) is 18.4 Å². The Kier molecular flexibility index (Phi) is 5.39. The molecule has 160 valence electrons. The number of aromatic nitrogens is 5. The van der Waals surface area contributed by atoms with E-state index in [-0.39, 0.29) is 5.95 Å². The fourth-order valence-electron chi connectivity index (χ4n) is 3.82. The predicted octanol–water partition coefficient (Wildman–Crippen LogP) is 3.74. The topological polar surface area (TPSA) is 110 Å². The molecule has 1 aliphatic rings. The third kappa shape index (κ3) is 4.04. The number of furan rings is 1. The molecule has 1 atom stereocenters. The Morgan fingerprint density at radius 3 is 2.74 bits per heavy atom.